The van der Waals surface area contributed by atoms with Crippen LogP contribution < -0.4 is 0 Å². The van der Waals surface area contributed by atoms with Gasteiger partial charge >= 0.3 is 5.97 Å². The summed E-state index contributed by atoms with van der Waals surface area (Å²) in [6.07, 6.45) is 0.659. The Morgan fingerprint density at radius 2 is 1.96 bits per heavy atom. The second kappa shape index (κ2) is 6.62. The van der Waals surface area contributed by atoms with Gasteiger partial charge in [0.15, 0.2) is 6.29 Å². The first kappa shape index (κ1) is 16.5. The molecule has 3 aromatic rings. The van der Waals surface area contributed by atoms with Crippen LogP contribution >= 0.6 is 0 Å². The highest BCUT2D eigenvalue weighted by atomic mass is 16.5. The molecule has 0 saturated heterocycles. The number of hydrogen-bond donors (Lipinski definition) is 0. The lowest BCUT2D eigenvalue weighted by atomic mass is 10.1. The number of fused-ring (bicyclic) bond motifs is 1. The van der Waals surface area contributed by atoms with Gasteiger partial charge in [-0.3, -0.25) is 4.79 Å². The Bertz CT molecular complexity index is 1010. The summed E-state index contributed by atoms with van der Waals surface area (Å²) in [5.74, 6) is -0.580. The number of methoxy groups -OCH3 is 1. The largest absolute Gasteiger partial charge is 0.464 e. The Morgan fingerprint density at radius 1 is 1.24 bits per heavy atom. The number of hydrogen-bond acceptors (Lipinski definition) is 4. The van der Waals surface area contributed by atoms with Gasteiger partial charge < -0.3 is 9.30 Å². The zero-order chi connectivity index (χ0) is 18.0. The monoisotopic (exact) mass is 332 g/mol. The first-order valence-corrected chi connectivity index (χ1v) is 7.74. The minimum atomic E-state index is -0.580. The van der Waals surface area contributed by atoms with Crippen LogP contribution in [0.15, 0.2) is 42.5 Å². The second-order valence-electron chi connectivity index (χ2n) is 5.79. The maximum atomic E-state index is 12.3. The van der Waals surface area contributed by atoms with Gasteiger partial charge in [-0.25, -0.2) is 4.79 Å². The Hall–Kier alpha value is -3.39. The molecule has 0 atom stereocenters. The number of aromatic nitrogens is 1. The van der Waals surface area contributed by atoms with Gasteiger partial charge in [-0.15, -0.1) is 0 Å². The number of nitrogens with zero attached hydrogens (tertiary/aromatic N) is 2. The quantitative estimate of drug-likeness (QED) is 0.542. The molecule has 0 fully saturated rings. The normalized spacial score (nSPS) is 10.4. The van der Waals surface area contributed by atoms with Gasteiger partial charge in [-0.05, 0) is 24.6 Å². The van der Waals surface area contributed by atoms with Crippen molar-refractivity contribution < 1.29 is 14.3 Å². The van der Waals surface area contributed by atoms with E-state index in [4.69, 9.17) is 4.74 Å². The molecule has 0 aliphatic rings. The van der Waals surface area contributed by atoms with Crippen molar-refractivity contribution in [3.63, 3.8) is 0 Å². The number of benzene rings is 2. The molecule has 5 heteroatoms. The van der Waals surface area contributed by atoms with Gasteiger partial charge in [0, 0.05) is 11.9 Å². The molecule has 0 spiro atoms. The van der Waals surface area contributed by atoms with Gasteiger partial charge in [0.2, 0.25) is 0 Å². The molecule has 124 valence electrons. The fraction of sp³-hybridized carbons (Fsp3) is 0.150. The van der Waals surface area contributed by atoms with E-state index < -0.39 is 5.97 Å². The number of carbonyl (C=O) groups excluding carboxylic acids is 2. The van der Waals surface area contributed by atoms with Crippen molar-refractivity contribution in [3.05, 3.63) is 70.4 Å². The molecule has 2 aromatic carbocycles. The molecule has 0 N–H and O–H groups in total. The third-order valence-corrected chi connectivity index (χ3v) is 4.19. The van der Waals surface area contributed by atoms with Crippen LogP contribution in [-0.2, 0) is 11.3 Å². The Kier molecular flexibility index (Phi) is 4.36. The van der Waals surface area contributed by atoms with Crippen LogP contribution in [0.4, 0.5) is 0 Å². The van der Waals surface area contributed by atoms with Crippen molar-refractivity contribution in [1.29, 1.82) is 5.26 Å². The van der Waals surface area contributed by atoms with E-state index in [9.17, 15) is 14.9 Å². The summed E-state index contributed by atoms with van der Waals surface area (Å²) in [7, 11) is 1.28. The van der Waals surface area contributed by atoms with Crippen molar-refractivity contribution in [1.82, 2.24) is 4.57 Å². The Labute approximate surface area is 145 Å². The summed E-state index contributed by atoms with van der Waals surface area (Å²) in [6, 6.07) is 15.0. The van der Waals surface area contributed by atoms with E-state index in [0.717, 1.165) is 11.1 Å². The van der Waals surface area contributed by atoms with E-state index in [1.807, 2.05) is 31.2 Å². The second-order valence-corrected chi connectivity index (χ2v) is 5.79. The molecular formula is C20H16N2O3. The maximum Gasteiger partial charge on any atom is 0.355 e. The average molecular weight is 332 g/mol. The van der Waals surface area contributed by atoms with Crippen molar-refractivity contribution >= 4 is 23.2 Å². The van der Waals surface area contributed by atoms with Crippen molar-refractivity contribution in [3.8, 4) is 6.07 Å². The van der Waals surface area contributed by atoms with E-state index in [1.165, 1.54) is 7.11 Å². The minimum absolute atomic E-state index is 0.197. The van der Waals surface area contributed by atoms with Crippen molar-refractivity contribution in [2.24, 2.45) is 0 Å². The molecule has 0 bridgehead atoms. The van der Waals surface area contributed by atoms with Gasteiger partial charge in [0.25, 0.3) is 0 Å². The third kappa shape index (κ3) is 2.90. The molecule has 1 heterocycles. The van der Waals surface area contributed by atoms with Crippen LogP contribution in [-0.4, -0.2) is 23.9 Å². The van der Waals surface area contributed by atoms with Gasteiger partial charge in [-0.2, -0.15) is 5.26 Å². The van der Waals surface area contributed by atoms with Gasteiger partial charge in [0.1, 0.15) is 5.69 Å². The number of carbonyl (C=O) groups is 2. The SMILES string of the molecule is COC(=O)c1c(C=O)c2ccc(C#N)cc2n1Cc1ccc(C)cc1. The summed E-state index contributed by atoms with van der Waals surface area (Å²) in [4.78, 5) is 24.0. The number of rotatable bonds is 4. The first-order valence-electron chi connectivity index (χ1n) is 7.74. The molecule has 0 unspecified atom stereocenters. The molecule has 0 aliphatic carbocycles. The van der Waals surface area contributed by atoms with E-state index >= 15 is 0 Å². The van der Waals surface area contributed by atoms with Gasteiger partial charge in [0.05, 0.1) is 29.8 Å². The maximum absolute atomic E-state index is 12.3. The van der Waals surface area contributed by atoms with Crippen LogP contribution in [0.1, 0.15) is 37.5 Å². The number of esters is 1. The van der Waals surface area contributed by atoms with Gasteiger partial charge in [-0.1, -0.05) is 35.9 Å². The highest BCUT2D eigenvalue weighted by Gasteiger charge is 2.23. The zero-order valence-corrected chi connectivity index (χ0v) is 13.9. The molecule has 5 nitrogen and oxygen atoms in total. The number of aryl methyl sites for hydroxylation is 1. The molecular weight excluding hydrogens is 316 g/mol. The number of aldehydes is 1. The van der Waals surface area contributed by atoms with Crippen LogP contribution in [0.3, 0.4) is 0 Å². The fourth-order valence-electron chi connectivity index (χ4n) is 2.92. The summed E-state index contributed by atoms with van der Waals surface area (Å²) in [6.45, 7) is 2.39. The molecule has 0 radical (unpaired) electrons. The lowest BCUT2D eigenvalue weighted by Gasteiger charge is -2.10. The lowest BCUT2D eigenvalue weighted by Crippen LogP contribution is -2.13. The topological polar surface area (TPSA) is 72.1 Å². The van der Waals surface area contributed by atoms with E-state index in [2.05, 4.69) is 6.07 Å². The molecule has 3 rings (SSSR count). The molecule has 0 aliphatic heterocycles. The summed E-state index contributed by atoms with van der Waals surface area (Å²) >= 11 is 0. The summed E-state index contributed by atoms with van der Waals surface area (Å²) in [5.41, 5.74) is 3.70. The number of ether oxygens (including phenoxy) is 1. The molecule has 0 saturated carbocycles. The van der Waals surface area contributed by atoms with Crippen LogP contribution in [0, 0.1) is 18.3 Å². The third-order valence-electron chi connectivity index (χ3n) is 4.19. The average Bonchev–Trinajstić information content (AvgIpc) is 2.95. The summed E-state index contributed by atoms with van der Waals surface area (Å²) in [5, 5.41) is 9.80. The number of nitriles is 1. The Balaban J connectivity index is 2.29. The smallest absolute Gasteiger partial charge is 0.355 e. The predicted octanol–water partition coefficient (Wildman–Crippen LogP) is 3.47. The Morgan fingerprint density at radius 3 is 2.56 bits per heavy atom. The standard InChI is InChI=1S/C20H16N2O3/c1-13-3-5-14(6-4-13)11-22-18-9-15(10-21)7-8-16(18)17(12-23)19(22)20(24)25-2/h3-9,12H,11H2,1-2H3. The highest BCUT2D eigenvalue weighted by Crippen LogP contribution is 2.28. The van der Waals surface area contributed by atoms with Crippen molar-refractivity contribution in [2.45, 2.75) is 13.5 Å². The van der Waals surface area contributed by atoms with Crippen molar-refractivity contribution in [2.75, 3.05) is 7.11 Å². The predicted molar refractivity (Wildman–Crippen MR) is 93.7 cm³/mol. The molecule has 1 aromatic heterocycles. The summed E-state index contributed by atoms with van der Waals surface area (Å²) < 4.78 is 6.61. The minimum Gasteiger partial charge on any atom is -0.464 e. The molecule has 0 amide bonds. The molecule has 25 heavy (non-hydrogen) atoms. The highest BCUT2D eigenvalue weighted by molar-refractivity contribution is 6.09. The first-order chi connectivity index (χ1) is 12.1. The zero-order valence-electron chi connectivity index (χ0n) is 13.9. The van der Waals surface area contributed by atoms with E-state index in [-0.39, 0.29) is 11.3 Å². The van der Waals surface area contributed by atoms with E-state index in [0.29, 0.717) is 29.3 Å². The van der Waals surface area contributed by atoms with E-state index in [1.54, 1.807) is 22.8 Å². The van der Waals surface area contributed by atoms with Crippen LogP contribution in [0.2, 0.25) is 0 Å². The van der Waals surface area contributed by atoms with Crippen LogP contribution in [0.25, 0.3) is 10.9 Å². The fourth-order valence-corrected chi connectivity index (χ4v) is 2.92. The van der Waals surface area contributed by atoms with Crippen LogP contribution in [0.5, 0.6) is 0 Å². The lowest BCUT2D eigenvalue weighted by molar-refractivity contribution is 0.0587.